The maximum atomic E-state index is 5.65. The van der Waals surface area contributed by atoms with Gasteiger partial charge in [0.25, 0.3) is 0 Å². The summed E-state index contributed by atoms with van der Waals surface area (Å²) >= 11 is 0. The number of ether oxygens (including phenoxy) is 2. The standard InChI is InChI=1S/C16H18N2O2/c1-11-7-13(10-18-9-11)16(17-2)12-3-4-14-15(8-12)20-6-5-19-14/h3-4,7-10,16-17H,5-6H2,1-2H3. The van der Waals surface area contributed by atoms with Crippen molar-refractivity contribution in [1.29, 1.82) is 0 Å². The van der Waals surface area contributed by atoms with Gasteiger partial charge >= 0.3 is 0 Å². The number of aryl methyl sites for hydroxylation is 1. The molecule has 1 aromatic heterocycles. The second-order valence-corrected chi connectivity index (χ2v) is 4.92. The molecule has 4 heteroatoms. The molecule has 0 aliphatic carbocycles. The molecule has 2 heterocycles. The minimum absolute atomic E-state index is 0.0956. The van der Waals surface area contributed by atoms with Gasteiger partial charge < -0.3 is 14.8 Å². The van der Waals surface area contributed by atoms with Crippen LogP contribution in [-0.4, -0.2) is 25.2 Å². The highest BCUT2D eigenvalue weighted by atomic mass is 16.6. The molecule has 0 radical (unpaired) electrons. The molecule has 0 spiro atoms. The molecule has 0 amide bonds. The van der Waals surface area contributed by atoms with Gasteiger partial charge in [0.15, 0.2) is 11.5 Å². The molecule has 1 atom stereocenters. The first kappa shape index (κ1) is 12.9. The Labute approximate surface area is 118 Å². The van der Waals surface area contributed by atoms with Gasteiger partial charge in [0.05, 0.1) is 6.04 Å². The van der Waals surface area contributed by atoms with Gasteiger partial charge in [-0.3, -0.25) is 4.98 Å². The zero-order valence-electron chi connectivity index (χ0n) is 11.7. The van der Waals surface area contributed by atoms with Gasteiger partial charge in [-0.25, -0.2) is 0 Å². The summed E-state index contributed by atoms with van der Waals surface area (Å²) in [7, 11) is 1.95. The van der Waals surface area contributed by atoms with E-state index in [0.717, 1.165) is 28.2 Å². The number of aromatic nitrogens is 1. The number of rotatable bonds is 3. The summed E-state index contributed by atoms with van der Waals surface area (Å²) in [5.74, 6) is 1.63. The molecule has 1 aromatic carbocycles. The van der Waals surface area contributed by atoms with Crippen LogP contribution in [0.2, 0.25) is 0 Å². The van der Waals surface area contributed by atoms with E-state index in [-0.39, 0.29) is 6.04 Å². The Kier molecular flexibility index (Phi) is 3.56. The van der Waals surface area contributed by atoms with Gasteiger partial charge in [0, 0.05) is 12.4 Å². The third-order valence-corrected chi connectivity index (χ3v) is 3.42. The van der Waals surface area contributed by atoms with Crippen molar-refractivity contribution in [3.63, 3.8) is 0 Å². The predicted octanol–water partition coefficient (Wildman–Crippen LogP) is 2.47. The fourth-order valence-electron chi connectivity index (χ4n) is 2.50. The highest BCUT2D eigenvalue weighted by molar-refractivity contribution is 5.46. The van der Waals surface area contributed by atoms with Crippen molar-refractivity contribution >= 4 is 0 Å². The maximum Gasteiger partial charge on any atom is 0.161 e. The van der Waals surface area contributed by atoms with Crippen LogP contribution in [0.25, 0.3) is 0 Å². The Hall–Kier alpha value is -2.07. The Bertz CT molecular complexity index is 613. The monoisotopic (exact) mass is 270 g/mol. The van der Waals surface area contributed by atoms with Crippen LogP contribution in [0, 0.1) is 6.92 Å². The zero-order valence-corrected chi connectivity index (χ0v) is 11.7. The molecule has 1 N–H and O–H groups in total. The smallest absolute Gasteiger partial charge is 0.161 e. The number of nitrogens with one attached hydrogen (secondary N) is 1. The average molecular weight is 270 g/mol. The lowest BCUT2D eigenvalue weighted by atomic mass is 9.99. The second kappa shape index (κ2) is 5.51. The lowest BCUT2D eigenvalue weighted by Gasteiger charge is -2.22. The van der Waals surface area contributed by atoms with Crippen LogP contribution in [0.15, 0.2) is 36.7 Å². The van der Waals surface area contributed by atoms with Gasteiger partial charge in [0.2, 0.25) is 0 Å². The summed E-state index contributed by atoms with van der Waals surface area (Å²) in [6, 6.07) is 8.32. The van der Waals surface area contributed by atoms with E-state index >= 15 is 0 Å². The summed E-state index contributed by atoms with van der Waals surface area (Å²) in [6.07, 6.45) is 3.75. The molecular weight excluding hydrogens is 252 g/mol. The molecule has 2 aromatic rings. The van der Waals surface area contributed by atoms with Crippen LogP contribution in [0.1, 0.15) is 22.7 Å². The molecule has 104 valence electrons. The fourth-order valence-corrected chi connectivity index (χ4v) is 2.50. The van der Waals surface area contributed by atoms with E-state index < -0.39 is 0 Å². The molecule has 20 heavy (non-hydrogen) atoms. The van der Waals surface area contributed by atoms with E-state index in [1.807, 2.05) is 38.5 Å². The van der Waals surface area contributed by atoms with Crippen LogP contribution < -0.4 is 14.8 Å². The van der Waals surface area contributed by atoms with E-state index in [0.29, 0.717) is 13.2 Å². The maximum absolute atomic E-state index is 5.65. The quantitative estimate of drug-likeness (QED) is 0.930. The molecule has 1 aliphatic rings. The topological polar surface area (TPSA) is 43.4 Å². The van der Waals surface area contributed by atoms with Crippen molar-refractivity contribution in [2.75, 3.05) is 20.3 Å². The van der Waals surface area contributed by atoms with E-state index in [4.69, 9.17) is 9.47 Å². The third kappa shape index (κ3) is 2.47. The van der Waals surface area contributed by atoms with Gasteiger partial charge in [-0.1, -0.05) is 12.1 Å². The van der Waals surface area contributed by atoms with Crippen molar-refractivity contribution in [2.24, 2.45) is 0 Å². The van der Waals surface area contributed by atoms with Crippen LogP contribution in [-0.2, 0) is 0 Å². The van der Waals surface area contributed by atoms with Gasteiger partial charge in [-0.2, -0.15) is 0 Å². The number of pyridine rings is 1. The molecule has 1 aliphatic heterocycles. The summed E-state index contributed by atoms with van der Waals surface area (Å²) < 4.78 is 11.2. The highest BCUT2D eigenvalue weighted by Gasteiger charge is 2.17. The number of hydrogen-bond acceptors (Lipinski definition) is 4. The molecule has 0 saturated heterocycles. The van der Waals surface area contributed by atoms with E-state index in [1.165, 1.54) is 0 Å². The van der Waals surface area contributed by atoms with Gasteiger partial charge in [-0.15, -0.1) is 0 Å². The van der Waals surface area contributed by atoms with Crippen molar-refractivity contribution in [1.82, 2.24) is 10.3 Å². The van der Waals surface area contributed by atoms with Gasteiger partial charge in [-0.05, 0) is 42.8 Å². The number of benzene rings is 1. The summed E-state index contributed by atoms with van der Waals surface area (Å²) in [6.45, 7) is 3.27. The number of hydrogen-bond donors (Lipinski definition) is 1. The lowest BCUT2D eigenvalue weighted by Crippen LogP contribution is -2.19. The van der Waals surface area contributed by atoms with Crippen LogP contribution in [0.4, 0.5) is 0 Å². The zero-order chi connectivity index (χ0) is 13.9. The van der Waals surface area contributed by atoms with Crippen molar-refractivity contribution in [3.8, 4) is 11.5 Å². The van der Waals surface area contributed by atoms with E-state index in [2.05, 4.69) is 22.4 Å². The summed E-state index contributed by atoms with van der Waals surface area (Å²) in [4.78, 5) is 4.27. The van der Waals surface area contributed by atoms with Crippen molar-refractivity contribution in [3.05, 3.63) is 53.3 Å². The number of fused-ring (bicyclic) bond motifs is 1. The first-order valence-electron chi connectivity index (χ1n) is 6.76. The summed E-state index contributed by atoms with van der Waals surface area (Å²) in [5.41, 5.74) is 3.44. The largest absolute Gasteiger partial charge is 0.486 e. The summed E-state index contributed by atoms with van der Waals surface area (Å²) in [5, 5.41) is 3.33. The molecule has 3 rings (SSSR count). The van der Waals surface area contributed by atoms with Crippen LogP contribution in [0.5, 0.6) is 11.5 Å². The normalized spacial score (nSPS) is 14.9. The SMILES string of the molecule is CNC(c1cncc(C)c1)c1ccc2c(c1)OCCO2. The molecule has 4 nitrogen and oxygen atoms in total. The fraction of sp³-hybridized carbons (Fsp3) is 0.312. The van der Waals surface area contributed by atoms with Crippen LogP contribution in [0.3, 0.4) is 0 Å². The average Bonchev–Trinajstić information content (AvgIpc) is 2.48. The van der Waals surface area contributed by atoms with E-state index in [1.54, 1.807) is 0 Å². The third-order valence-electron chi connectivity index (χ3n) is 3.42. The Morgan fingerprint density at radius 2 is 1.85 bits per heavy atom. The molecular formula is C16H18N2O2. The molecule has 0 saturated carbocycles. The minimum atomic E-state index is 0.0956. The minimum Gasteiger partial charge on any atom is -0.486 e. The number of nitrogens with zero attached hydrogens (tertiary/aromatic N) is 1. The van der Waals surface area contributed by atoms with Crippen molar-refractivity contribution < 1.29 is 9.47 Å². The van der Waals surface area contributed by atoms with Crippen LogP contribution >= 0.6 is 0 Å². The molecule has 1 unspecified atom stereocenters. The first-order valence-corrected chi connectivity index (χ1v) is 6.76. The highest BCUT2D eigenvalue weighted by Crippen LogP contribution is 2.34. The predicted molar refractivity (Wildman–Crippen MR) is 77.3 cm³/mol. The van der Waals surface area contributed by atoms with E-state index in [9.17, 15) is 0 Å². The molecule has 0 bridgehead atoms. The van der Waals surface area contributed by atoms with Crippen molar-refractivity contribution in [2.45, 2.75) is 13.0 Å². The first-order chi connectivity index (χ1) is 9.78. The Morgan fingerprint density at radius 1 is 1.05 bits per heavy atom. The Morgan fingerprint density at radius 3 is 2.60 bits per heavy atom. The molecule has 0 fully saturated rings. The van der Waals surface area contributed by atoms with Gasteiger partial charge in [0.1, 0.15) is 13.2 Å². The Balaban J connectivity index is 1.97. The lowest BCUT2D eigenvalue weighted by molar-refractivity contribution is 0.171. The second-order valence-electron chi connectivity index (χ2n) is 4.92.